The van der Waals surface area contributed by atoms with Gasteiger partial charge in [0.15, 0.2) is 11.6 Å². The van der Waals surface area contributed by atoms with Crippen molar-refractivity contribution in [2.45, 2.75) is 0 Å². The molecule has 4 nitrogen and oxygen atoms in total. The maximum Gasteiger partial charge on any atom is 0.196 e. The summed E-state index contributed by atoms with van der Waals surface area (Å²) in [6.07, 6.45) is 5.33. The SMILES string of the molecule is c1ccc(-c2ccc(-c3cc(-c4cccc(-c5cccc(-c6cccnc6)c5)c4)nc(-c4ccco4)n3)cc2)cc1. The van der Waals surface area contributed by atoms with E-state index in [1.54, 1.807) is 12.5 Å². The number of furan rings is 1. The van der Waals surface area contributed by atoms with Gasteiger partial charge in [0.05, 0.1) is 17.7 Å². The molecule has 0 atom stereocenters. The van der Waals surface area contributed by atoms with Gasteiger partial charge in [0.1, 0.15) is 0 Å². The van der Waals surface area contributed by atoms with Crippen molar-refractivity contribution in [3.05, 3.63) is 152 Å². The van der Waals surface area contributed by atoms with Crippen LogP contribution < -0.4 is 0 Å². The molecule has 4 heteroatoms. The lowest BCUT2D eigenvalue weighted by Crippen LogP contribution is -1.95. The molecule has 0 aliphatic carbocycles. The van der Waals surface area contributed by atoms with Crippen LogP contribution in [0.3, 0.4) is 0 Å². The first kappa shape index (κ1) is 24.4. The van der Waals surface area contributed by atoms with Crippen molar-refractivity contribution < 1.29 is 4.42 Å². The summed E-state index contributed by atoms with van der Waals surface area (Å²) in [5.74, 6) is 1.19. The van der Waals surface area contributed by atoms with Crippen molar-refractivity contribution in [3.8, 4) is 67.5 Å². The maximum atomic E-state index is 5.70. The quantitative estimate of drug-likeness (QED) is 0.216. The van der Waals surface area contributed by atoms with Crippen molar-refractivity contribution >= 4 is 0 Å². The molecule has 0 radical (unpaired) electrons. The molecule has 0 aliphatic heterocycles. The van der Waals surface area contributed by atoms with Gasteiger partial charge in [0.2, 0.25) is 0 Å². The normalized spacial score (nSPS) is 10.9. The Kier molecular flexibility index (Phi) is 6.48. The molecule has 0 saturated carbocycles. The zero-order valence-electron chi connectivity index (χ0n) is 22.2. The molecule has 0 aliphatic rings. The highest BCUT2D eigenvalue weighted by atomic mass is 16.3. The van der Waals surface area contributed by atoms with Crippen LogP contribution in [0.4, 0.5) is 0 Å². The molecule has 4 aromatic carbocycles. The predicted octanol–water partition coefficient (Wildman–Crippen LogP) is 9.47. The third-order valence-corrected chi connectivity index (χ3v) is 7.10. The smallest absolute Gasteiger partial charge is 0.196 e. The fourth-order valence-corrected chi connectivity index (χ4v) is 4.99. The van der Waals surface area contributed by atoms with Gasteiger partial charge in [-0.15, -0.1) is 0 Å². The highest BCUT2D eigenvalue weighted by molar-refractivity contribution is 5.78. The highest BCUT2D eigenvalue weighted by Gasteiger charge is 2.13. The molecule has 0 saturated heterocycles. The van der Waals surface area contributed by atoms with Gasteiger partial charge in [-0.25, -0.2) is 9.97 Å². The molecule has 7 rings (SSSR count). The molecule has 0 unspecified atom stereocenters. The first-order valence-electron chi connectivity index (χ1n) is 13.5. The van der Waals surface area contributed by atoms with Gasteiger partial charge >= 0.3 is 0 Å². The van der Waals surface area contributed by atoms with Crippen LogP contribution in [-0.2, 0) is 0 Å². The fraction of sp³-hybridized carbons (Fsp3) is 0. The Morgan fingerprint density at radius 1 is 0.415 bits per heavy atom. The van der Waals surface area contributed by atoms with Gasteiger partial charge in [-0.2, -0.15) is 0 Å². The Hall–Kier alpha value is -5.61. The van der Waals surface area contributed by atoms with E-state index in [4.69, 9.17) is 14.4 Å². The monoisotopic (exact) mass is 527 g/mol. The third kappa shape index (κ3) is 5.19. The van der Waals surface area contributed by atoms with Crippen LogP contribution in [0.2, 0.25) is 0 Å². The number of hydrogen-bond acceptors (Lipinski definition) is 4. The molecule has 0 fully saturated rings. The summed E-state index contributed by atoms with van der Waals surface area (Å²) in [5.41, 5.74) is 10.5. The molecule has 194 valence electrons. The molecule has 0 amide bonds. The largest absolute Gasteiger partial charge is 0.461 e. The van der Waals surface area contributed by atoms with Crippen molar-refractivity contribution in [2.24, 2.45) is 0 Å². The number of pyridine rings is 1. The van der Waals surface area contributed by atoms with E-state index in [9.17, 15) is 0 Å². The molecular formula is C37H25N3O. The van der Waals surface area contributed by atoms with E-state index >= 15 is 0 Å². The summed E-state index contributed by atoms with van der Waals surface area (Å²) in [6, 6.07) is 45.7. The van der Waals surface area contributed by atoms with Crippen molar-refractivity contribution in [1.29, 1.82) is 0 Å². The summed E-state index contributed by atoms with van der Waals surface area (Å²) in [7, 11) is 0. The minimum atomic E-state index is 0.554. The van der Waals surface area contributed by atoms with E-state index < -0.39 is 0 Å². The minimum absolute atomic E-state index is 0.554. The molecule has 3 aromatic heterocycles. The van der Waals surface area contributed by atoms with E-state index in [0.717, 1.165) is 50.3 Å². The Labute approximate surface area is 238 Å². The minimum Gasteiger partial charge on any atom is -0.461 e. The van der Waals surface area contributed by atoms with Gasteiger partial charge in [0.25, 0.3) is 0 Å². The van der Waals surface area contributed by atoms with Crippen LogP contribution >= 0.6 is 0 Å². The number of benzene rings is 4. The fourth-order valence-electron chi connectivity index (χ4n) is 4.99. The average molecular weight is 528 g/mol. The molecule has 0 bridgehead atoms. The van der Waals surface area contributed by atoms with Gasteiger partial charge in [0, 0.05) is 29.1 Å². The third-order valence-electron chi connectivity index (χ3n) is 7.10. The standard InChI is InChI=1S/C37H25N3O/c1-2-8-26(9-3-1)27-16-18-28(19-17-27)34-24-35(40-37(39-34)36-15-7-21-41-36)32-13-5-11-30(23-32)29-10-4-12-31(22-29)33-14-6-20-38-25-33/h1-25H. The second kappa shape index (κ2) is 10.9. The van der Waals surface area contributed by atoms with Crippen LogP contribution in [0.25, 0.3) is 67.5 Å². The lowest BCUT2D eigenvalue weighted by Gasteiger charge is -2.11. The number of rotatable bonds is 6. The first-order chi connectivity index (χ1) is 20.3. The Morgan fingerprint density at radius 2 is 1.00 bits per heavy atom. The van der Waals surface area contributed by atoms with Crippen LogP contribution in [0, 0.1) is 0 Å². The van der Waals surface area contributed by atoms with E-state index in [0.29, 0.717) is 11.6 Å². The summed E-state index contributed by atoms with van der Waals surface area (Å²) in [6.45, 7) is 0. The van der Waals surface area contributed by atoms with Gasteiger partial charge in [-0.3, -0.25) is 4.98 Å². The van der Waals surface area contributed by atoms with Crippen LogP contribution in [0.1, 0.15) is 0 Å². The Bertz CT molecular complexity index is 1910. The second-order valence-corrected chi connectivity index (χ2v) is 9.79. The number of hydrogen-bond donors (Lipinski definition) is 0. The van der Waals surface area contributed by atoms with Crippen molar-refractivity contribution in [3.63, 3.8) is 0 Å². The molecular weight excluding hydrogens is 502 g/mol. The van der Waals surface area contributed by atoms with Crippen LogP contribution in [0.5, 0.6) is 0 Å². The van der Waals surface area contributed by atoms with Crippen molar-refractivity contribution in [2.75, 3.05) is 0 Å². The average Bonchev–Trinajstić information content (AvgIpc) is 3.61. The van der Waals surface area contributed by atoms with E-state index in [1.807, 2.05) is 30.5 Å². The zero-order chi connectivity index (χ0) is 27.4. The predicted molar refractivity (Wildman–Crippen MR) is 165 cm³/mol. The van der Waals surface area contributed by atoms with Gasteiger partial charge in [-0.1, -0.05) is 97.1 Å². The van der Waals surface area contributed by atoms with E-state index in [1.165, 1.54) is 5.56 Å². The first-order valence-corrected chi connectivity index (χ1v) is 13.5. The summed E-state index contributed by atoms with van der Waals surface area (Å²) < 4.78 is 5.70. The Morgan fingerprint density at radius 3 is 1.68 bits per heavy atom. The molecule has 0 N–H and O–H groups in total. The molecule has 7 aromatic rings. The van der Waals surface area contributed by atoms with Crippen molar-refractivity contribution in [1.82, 2.24) is 15.0 Å². The molecule has 3 heterocycles. The van der Waals surface area contributed by atoms with Crippen LogP contribution in [0.15, 0.2) is 157 Å². The Balaban J connectivity index is 1.29. The maximum absolute atomic E-state index is 5.70. The lowest BCUT2D eigenvalue weighted by molar-refractivity contribution is 0.577. The topological polar surface area (TPSA) is 51.8 Å². The molecule has 0 spiro atoms. The van der Waals surface area contributed by atoms with Crippen LogP contribution in [-0.4, -0.2) is 15.0 Å². The second-order valence-electron chi connectivity index (χ2n) is 9.79. The highest BCUT2D eigenvalue weighted by Crippen LogP contribution is 2.32. The molecule has 41 heavy (non-hydrogen) atoms. The van der Waals surface area contributed by atoms with Gasteiger partial charge in [-0.05, 0) is 64.2 Å². The summed E-state index contributed by atoms with van der Waals surface area (Å²) in [5, 5.41) is 0. The number of aromatic nitrogens is 3. The van der Waals surface area contributed by atoms with E-state index in [-0.39, 0.29) is 0 Å². The summed E-state index contributed by atoms with van der Waals surface area (Å²) in [4.78, 5) is 14.1. The van der Waals surface area contributed by atoms with Gasteiger partial charge < -0.3 is 4.42 Å². The lowest BCUT2D eigenvalue weighted by atomic mass is 9.97. The number of nitrogens with zero attached hydrogens (tertiary/aromatic N) is 3. The zero-order valence-corrected chi connectivity index (χ0v) is 22.2. The van der Waals surface area contributed by atoms with E-state index in [2.05, 4.69) is 114 Å². The summed E-state index contributed by atoms with van der Waals surface area (Å²) >= 11 is 0.